The summed E-state index contributed by atoms with van der Waals surface area (Å²) in [4.78, 5) is 17.9. The summed E-state index contributed by atoms with van der Waals surface area (Å²) in [7, 11) is 1.65. The molecule has 0 aliphatic heterocycles. The molecule has 2 aromatic heterocycles. The topological polar surface area (TPSA) is 44.1 Å². The molecular weight excluding hydrogens is 320 g/mol. The number of aryl methyl sites for hydroxylation is 1. The van der Waals surface area contributed by atoms with Crippen LogP contribution in [0.3, 0.4) is 0 Å². The molecule has 0 spiro atoms. The molecule has 6 heteroatoms. The van der Waals surface area contributed by atoms with Gasteiger partial charge in [-0.05, 0) is 24.1 Å². The Labute approximate surface area is 136 Å². The lowest BCUT2D eigenvalue weighted by atomic mass is 10.1. The maximum Gasteiger partial charge on any atom is 0.262 e. The number of benzene rings is 1. The SMILES string of the molecule is COCCCn1cnc2scc(-c3ccc(Cl)cc3)c2c1=O. The van der Waals surface area contributed by atoms with Gasteiger partial charge < -0.3 is 4.74 Å². The number of fused-ring (bicyclic) bond motifs is 1. The van der Waals surface area contributed by atoms with E-state index >= 15 is 0 Å². The summed E-state index contributed by atoms with van der Waals surface area (Å²) >= 11 is 7.41. The number of aromatic nitrogens is 2. The number of nitrogens with zero attached hydrogens (tertiary/aromatic N) is 2. The van der Waals surface area contributed by atoms with Crippen LogP contribution in [0.15, 0.2) is 40.8 Å². The summed E-state index contributed by atoms with van der Waals surface area (Å²) in [6.07, 6.45) is 2.40. The Morgan fingerprint density at radius 3 is 2.82 bits per heavy atom. The fourth-order valence-corrected chi connectivity index (χ4v) is 3.38. The van der Waals surface area contributed by atoms with E-state index in [0.29, 0.717) is 23.6 Å². The minimum atomic E-state index is -0.00713. The van der Waals surface area contributed by atoms with Crippen molar-refractivity contribution in [2.45, 2.75) is 13.0 Å². The molecule has 0 unspecified atom stereocenters. The Hall–Kier alpha value is -1.69. The van der Waals surface area contributed by atoms with Gasteiger partial charge in [-0.3, -0.25) is 9.36 Å². The van der Waals surface area contributed by atoms with E-state index in [-0.39, 0.29) is 5.56 Å². The van der Waals surface area contributed by atoms with Gasteiger partial charge in [0, 0.05) is 36.2 Å². The van der Waals surface area contributed by atoms with Gasteiger partial charge in [-0.15, -0.1) is 11.3 Å². The molecule has 0 fully saturated rings. The molecule has 0 radical (unpaired) electrons. The van der Waals surface area contributed by atoms with Crippen molar-refractivity contribution in [1.82, 2.24) is 9.55 Å². The van der Waals surface area contributed by atoms with E-state index in [1.54, 1.807) is 18.0 Å². The monoisotopic (exact) mass is 334 g/mol. The fourth-order valence-electron chi connectivity index (χ4n) is 2.35. The van der Waals surface area contributed by atoms with Gasteiger partial charge in [-0.25, -0.2) is 4.98 Å². The maximum atomic E-state index is 12.7. The number of hydrogen-bond donors (Lipinski definition) is 0. The molecule has 114 valence electrons. The van der Waals surface area contributed by atoms with Crippen LogP contribution in [-0.2, 0) is 11.3 Å². The van der Waals surface area contributed by atoms with Gasteiger partial charge in [0.2, 0.25) is 0 Å². The van der Waals surface area contributed by atoms with Crippen LogP contribution < -0.4 is 5.56 Å². The molecule has 0 amide bonds. The molecular formula is C16H15ClN2O2S. The van der Waals surface area contributed by atoms with Crippen molar-refractivity contribution in [3.05, 3.63) is 51.3 Å². The van der Waals surface area contributed by atoms with E-state index in [1.165, 1.54) is 11.3 Å². The minimum absolute atomic E-state index is 0.00713. The Morgan fingerprint density at radius 1 is 1.32 bits per heavy atom. The first kappa shape index (κ1) is 15.2. The van der Waals surface area contributed by atoms with Crippen molar-refractivity contribution in [3.63, 3.8) is 0 Å². The predicted octanol–water partition coefficient (Wildman–Crippen LogP) is 3.81. The zero-order valence-electron chi connectivity index (χ0n) is 12.1. The zero-order chi connectivity index (χ0) is 15.5. The third-order valence-electron chi connectivity index (χ3n) is 3.46. The van der Waals surface area contributed by atoms with E-state index < -0.39 is 0 Å². The molecule has 1 aromatic carbocycles. The van der Waals surface area contributed by atoms with Crippen LogP contribution in [0.25, 0.3) is 21.3 Å². The van der Waals surface area contributed by atoms with E-state index in [0.717, 1.165) is 22.4 Å². The molecule has 0 aliphatic carbocycles. The first-order valence-corrected chi connectivity index (χ1v) is 8.18. The van der Waals surface area contributed by atoms with Gasteiger partial charge in [0.1, 0.15) is 4.83 Å². The average molecular weight is 335 g/mol. The Kier molecular flexibility index (Phi) is 4.57. The highest BCUT2D eigenvalue weighted by Gasteiger charge is 2.13. The second-order valence-corrected chi connectivity index (χ2v) is 6.22. The highest BCUT2D eigenvalue weighted by atomic mass is 35.5. The van der Waals surface area contributed by atoms with Crippen LogP contribution in [0.5, 0.6) is 0 Å². The Bertz CT molecular complexity index is 839. The zero-order valence-corrected chi connectivity index (χ0v) is 13.7. The Morgan fingerprint density at radius 2 is 2.09 bits per heavy atom. The van der Waals surface area contributed by atoms with E-state index in [9.17, 15) is 4.79 Å². The number of methoxy groups -OCH3 is 1. The second-order valence-electron chi connectivity index (χ2n) is 4.93. The quantitative estimate of drug-likeness (QED) is 0.666. The summed E-state index contributed by atoms with van der Waals surface area (Å²) in [5, 5.41) is 3.33. The number of thiophene rings is 1. The molecule has 0 aliphatic rings. The Balaban J connectivity index is 2.06. The summed E-state index contributed by atoms with van der Waals surface area (Å²) in [5.41, 5.74) is 1.88. The summed E-state index contributed by atoms with van der Waals surface area (Å²) < 4.78 is 6.68. The third-order valence-corrected chi connectivity index (χ3v) is 4.60. The smallest absolute Gasteiger partial charge is 0.262 e. The highest BCUT2D eigenvalue weighted by Crippen LogP contribution is 2.31. The van der Waals surface area contributed by atoms with Gasteiger partial charge in [0.05, 0.1) is 11.7 Å². The van der Waals surface area contributed by atoms with E-state index in [4.69, 9.17) is 16.3 Å². The minimum Gasteiger partial charge on any atom is -0.385 e. The summed E-state index contributed by atoms with van der Waals surface area (Å²) in [6, 6.07) is 7.50. The van der Waals surface area contributed by atoms with Crippen molar-refractivity contribution >= 4 is 33.2 Å². The van der Waals surface area contributed by atoms with Crippen molar-refractivity contribution in [2.24, 2.45) is 0 Å². The van der Waals surface area contributed by atoms with Crippen LogP contribution in [0.2, 0.25) is 5.02 Å². The molecule has 3 rings (SSSR count). The standard InChI is InChI=1S/C16H15ClN2O2S/c1-21-8-2-7-19-10-18-15-14(16(19)20)13(9-22-15)11-3-5-12(17)6-4-11/h3-6,9-10H,2,7-8H2,1H3. The van der Waals surface area contributed by atoms with Crippen molar-refractivity contribution in [1.29, 1.82) is 0 Å². The number of ether oxygens (including phenoxy) is 1. The van der Waals surface area contributed by atoms with E-state index in [2.05, 4.69) is 4.98 Å². The van der Waals surface area contributed by atoms with Gasteiger partial charge in [0.15, 0.2) is 0 Å². The van der Waals surface area contributed by atoms with Crippen LogP contribution in [0, 0.1) is 0 Å². The van der Waals surface area contributed by atoms with Gasteiger partial charge in [-0.1, -0.05) is 23.7 Å². The van der Waals surface area contributed by atoms with Crippen LogP contribution in [-0.4, -0.2) is 23.3 Å². The van der Waals surface area contributed by atoms with E-state index in [1.807, 2.05) is 29.6 Å². The van der Waals surface area contributed by atoms with Crippen molar-refractivity contribution in [2.75, 3.05) is 13.7 Å². The summed E-state index contributed by atoms with van der Waals surface area (Å²) in [6.45, 7) is 1.23. The first-order chi connectivity index (χ1) is 10.7. The maximum absolute atomic E-state index is 12.7. The van der Waals surface area contributed by atoms with Crippen molar-refractivity contribution in [3.8, 4) is 11.1 Å². The second kappa shape index (κ2) is 6.60. The molecule has 0 saturated carbocycles. The van der Waals surface area contributed by atoms with Gasteiger partial charge in [0.25, 0.3) is 5.56 Å². The molecule has 0 atom stereocenters. The average Bonchev–Trinajstić information content (AvgIpc) is 2.95. The largest absolute Gasteiger partial charge is 0.385 e. The highest BCUT2D eigenvalue weighted by molar-refractivity contribution is 7.17. The van der Waals surface area contributed by atoms with Crippen LogP contribution >= 0.6 is 22.9 Å². The third kappa shape index (κ3) is 2.92. The number of rotatable bonds is 5. The normalized spacial score (nSPS) is 11.2. The fraction of sp³-hybridized carbons (Fsp3) is 0.250. The molecule has 0 bridgehead atoms. The molecule has 3 aromatic rings. The molecule has 4 nitrogen and oxygen atoms in total. The van der Waals surface area contributed by atoms with Gasteiger partial charge >= 0.3 is 0 Å². The predicted molar refractivity (Wildman–Crippen MR) is 90.8 cm³/mol. The van der Waals surface area contributed by atoms with Crippen LogP contribution in [0.4, 0.5) is 0 Å². The van der Waals surface area contributed by atoms with Crippen LogP contribution in [0.1, 0.15) is 6.42 Å². The van der Waals surface area contributed by atoms with Gasteiger partial charge in [-0.2, -0.15) is 0 Å². The van der Waals surface area contributed by atoms with Crippen molar-refractivity contribution < 1.29 is 4.74 Å². The number of halogens is 1. The lowest BCUT2D eigenvalue weighted by molar-refractivity contribution is 0.190. The number of hydrogen-bond acceptors (Lipinski definition) is 4. The molecule has 0 saturated heterocycles. The molecule has 2 heterocycles. The summed E-state index contributed by atoms with van der Waals surface area (Å²) in [5.74, 6) is 0. The first-order valence-electron chi connectivity index (χ1n) is 6.92. The lowest BCUT2D eigenvalue weighted by Gasteiger charge is -2.06. The molecule has 22 heavy (non-hydrogen) atoms. The molecule has 0 N–H and O–H groups in total. The lowest BCUT2D eigenvalue weighted by Crippen LogP contribution is -2.21.